The van der Waals surface area contributed by atoms with Crippen molar-refractivity contribution < 1.29 is 26.2 Å². The van der Waals surface area contributed by atoms with Gasteiger partial charge in [0.25, 0.3) is 0 Å². The summed E-state index contributed by atoms with van der Waals surface area (Å²) in [5.41, 5.74) is 11.0. The number of fused-ring (bicyclic) bond motifs is 6. The molecular formula is C30H31SiZr. The van der Waals surface area contributed by atoms with Crippen LogP contribution in [0.3, 0.4) is 0 Å². The van der Waals surface area contributed by atoms with Gasteiger partial charge < -0.3 is 14.9 Å². The van der Waals surface area contributed by atoms with Crippen LogP contribution in [-0.2, 0) is 39.0 Å². The maximum absolute atomic E-state index is 3.30. The summed E-state index contributed by atoms with van der Waals surface area (Å²) in [5, 5.41) is 0. The molecule has 0 saturated heterocycles. The van der Waals surface area contributed by atoms with Crippen LogP contribution in [0.5, 0.6) is 0 Å². The van der Waals surface area contributed by atoms with E-state index in [-0.39, 0.29) is 41.1 Å². The van der Waals surface area contributed by atoms with Gasteiger partial charge in [0.1, 0.15) is 0 Å². The van der Waals surface area contributed by atoms with Crippen LogP contribution >= 0.6 is 0 Å². The zero-order chi connectivity index (χ0) is 20.1. The molecule has 159 valence electrons. The summed E-state index contributed by atoms with van der Waals surface area (Å²) in [6, 6.07) is 36.2. The van der Waals surface area contributed by atoms with Gasteiger partial charge in [-0.3, -0.25) is 0 Å². The van der Waals surface area contributed by atoms with E-state index in [1.165, 1.54) is 44.5 Å². The van der Waals surface area contributed by atoms with Crippen molar-refractivity contribution >= 4 is 9.52 Å². The first-order valence-electron chi connectivity index (χ1n) is 10.2. The van der Waals surface area contributed by atoms with Crippen LogP contribution in [0, 0.1) is 27.0 Å². The van der Waals surface area contributed by atoms with E-state index in [9.17, 15) is 0 Å². The second-order valence-electron chi connectivity index (χ2n) is 7.37. The first kappa shape index (κ1) is 28.0. The van der Waals surface area contributed by atoms with E-state index < -0.39 is 0 Å². The van der Waals surface area contributed by atoms with Gasteiger partial charge in [-0.05, 0) is 12.8 Å². The van der Waals surface area contributed by atoms with Crippen molar-refractivity contribution in [2.24, 2.45) is 0 Å². The van der Waals surface area contributed by atoms with E-state index in [2.05, 4.69) is 98.0 Å². The number of hydrogen-bond acceptors (Lipinski definition) is 0. The molecule has 0 spiro atoms. The molecule has 0 nitrogen and oxygen atoms in total. The second kappa shape index (κ2) is 13.5. The minimum Gasteiger partial charge on any atom is -0.358 e. The third kappa shape index (κ3) is 6.06. The maximum atomic E-state index is 3.30. The summed E-state index contributed by atoms with van der Waals surface area (Å²) >= 11 is 0. The molecular weight excluding hydrogens is 480 g/mol. The molecule has 2 heteroatoms. The van der Waals surface area contributed by atoms with Crippen LogP contribution in [0.4, 0.5) is 0 Å². The van der Waals surface area contributed by atoms with Crippen LogP contribution in [-0.4, -0.2) is 9.52 Å². The number of rotatable bonds is 0. The fourth-order valence-electron chi connectivity index (χ4n) is 4.00. The van der Waals surface area contributed by atoms with Gasteiger partial charge in [0.05, 0.1) is 0 Å². The van der Waals surface area contributed by atoms with E-state index in [0.717, 1.165) is 22.4 Å². The Labute approximate surface area is 217 Å². The molecule has 0 atom stereocenters. The predicted molar refractivity (Wildman–Crippen MR) is 139 cm³/mol. The minimum atomic E-state index is 0. The molecule has 0 bridgehead atoms. The van der Waals surface area contributed by atoms with E-state index >= 15 is 0 Å². The molecule has 2 aliphatic carbocycles. The molecule has 4 aromatic carbocycles. The molecule has 2 aliphatic rings. The Kier molecular flexibility index (Phi) is 11.8. The van der Waals surface area contributed by atoms with Crippen molar-refractivity contribution in [2.75, 3.05) is 0 Å². The second-order valence-corrected chi connectivity index (χ2v) is 8.52. The molecule has 0 heterocycles. The van der Waals surface area contributed by atoms with Gasteiger partial charge in [0, 0.05) is 9.52 Å². The molecule has 1 radical (unpaired) electrons. The average Bonchev–Trinajstić information content (AvgIpc) is 3.33. The van der Waals surface area contributed by atoms with E-state index in [1.54, 1.807) is 0 Å². The Morgan fingerprint density at radius 3 is 1.31 bits per heavy atom. The zero-order valence-electron chi connectivity index (χ0n) is 19.6. The van der Waals surface area contributed by atoms with Crippen molar-refractivity contribution in [1.82, 2.24) is 0 Å². The predicted octanol–water partition coefficient (Wildman–Crippen LogP) is 7.53. The molecule has 0 saturated carbocycles. The van der Waals surface area contributed by atoms with Crippen LogP contribution in [0.1, 0.15) is 22.3 Å². The molecule has 32 heavy (non-hydrogen) atoms. The summed E-state index contributed by atoms with van der Waals surface area (Å²) < 4.78 is 0. The van der Waals surface area contributed by atoms with E-state index in [1.807, 2.05) is 12.1 Å². The number of hydrogen-bond donors (Lipinski definition) is 0. The minimum absolute atomic E-state index is 0. The Bertz CT molecular complexity index is 941. The zero-order valence-corrected chi connectivity index (χ0v) is 23.2. The molecule has 0 unspecified atom stereocenters. The first-order valence-corrected chi connectivity index (χ1v) is 12.5. The average molecular weight is 511 g/mol. The van der Waals surface area contributed by atoms with Crippen LogP contribution < -0.4 is 0 Å². The van der Waals surface area contributed by atoms with Gasteiger partial charge in [-0.15, -0.1) is 11.1 Å². The largest absolute Gasteiger partial charge is 4.00 e. The molecule has 4 aromatic rings. The summed E-state index contributed by atoms with van der Waals surface area (Å²) in [5.74, 6) is 0. The monoisotopic (exact) mass is 509 g/mol. The summed E-state index contributed by atoms with van der Waals surface area (Å²) in [7, 11) is 0.750. The van der Waals surface area contributed by atoms with Crippen molar-refractivity contribution in [3.63, 3.8) is 0 Å². The SMILES string of the molecule is C[SiH]C.[CH3-].[CH3-].[Zr+4].[c-]1cccc2c1Cc1ccccc1-2.[c-]1cccc2c1Cc1ccccc1-2. The first-order chi connectivity index (χ1) is 14.3. The van der Waals surface area contributed by atoms with Crippen molar-refractivity contribution in [2.45, 2.75) is 25.9 Å². The van der Waals surface area contributed by atoms with Crippen LogP contribution in [0.15, 0.2) is 84.9 Å². The van der Waals surface area contributed by atoms with Crippen LogP contribution in [0.25, 0.3) is 22.3 Å². The summed E-state index contributed by atoms with van der Waals surface area (Å²) in [6.45, 7) is 4.42. The van der Waals surface area contributed by atoms with Gasteiger partial charge in [-0.1, -0.05) is 83.9 Å². The summed E-state index contributed by atoms with van der Waals surface area (Å²) in [4.78, 5) is 0. The maximum Gasteiger partial charge on any atom is 4.00 e. The number of benzene rings is 4. The topological polar surface area (TPSA) is 0 Å². The van der Waals surface area contributed by atoms with Crippen molar-refractivity contribution in [3.8, 4) is 22.3 Å². The van der Waals surface area contributed by atoms with Gasteiger partial charge >= 0.3 is 26.2 Å². The smallest absolute Gasteiger partial charge is 0.358 e. The molecule has 0 N–H and O–H groups in total. The third-order valence-electron chi connectivity index (χ3n) is 5.23. The molecule has 0 fully saturated rings. The van der Waals surface area contributed by atoms with Gasteiger partial charge in [0.15, 0.2) is 0 Å². The molecule has 0 amide bonds. The van der Waals surface area contributed by atoms with Gasteiger partial charge in [0.2, 0.25) is 0 Å². The van der Waals surface area contributed by atoms with Gasteiger partial charge in [-0.25, -0.2) is 0 Å². The summed E-state index contributed by atoms with van der Waals surface area (Å²) in [6.07, 6.45) is 2.10. The Hall–Kier alpha value is -2.02. The molecule has 0 aliphatic heterocycles. The van der Waals surface area contributed by atoms with E-state index in [4.69, 9.17) is 0 Å². The van der Waals surface area contributed by atoms with Crippen molar-refractivity contribution in [3.05, 3.63) is 134 Å². The van der Waals surface area contributed by atoms with Crippen molar-refractivity contribution in [1.29, 1.82) is 0 Å². The van der Waals surface area contributed by atoms with E-state index in [0.29, 0.717) is 0 Å². The third-order valence-corrected chi connectivity index (χ3v) is 5.23. The molecule has 6 rings (SSSR count). The normalized spacial score (nSPS) is 10.6. The fraction of sp³-hybridized carbons (Fsp3) is 0.133. The fourth-order valence-corrected chi connectivity index (χ4v) is 4.00. The standard InChI is InChI=1S/2C13H9.C2H7Si.2CH3.Zr/c2*1-3-7-12-10(5-1)9-11-6-2-4-8-13(11)12;1-3-2;;;/h2*1-5,7-8H,9H2;3H,1-2H3;2*1H3;/q2*-1;;2*-1;+4. The van der Waals surface area contributed by atoms with Crippen LogP contribution in [0.2, 0.25) is 13.1 Å². The Balaban J connectivity index is 0.000000264. The Morgan fingerprint density at radius 2 is 0.906 bits per heavy atom. The van der Waals surface area contributed by atoms with Gasteiger partial charge in [-0.2, -0.15) is 59.7 Å². The molecule has 0 aromatic heterocycles. The Morgan fingerprint density at radius 1 is 0.562 bits per heavy atom. The quantitative estimate of drug-likeness (QED) is 0.146.